The standard InChI is InChI=1S/C10H13NO2.ClH/c11-8-5-6-13-9-4-2-1-3-7(9)10(8)12;/h1-4,8,10,12H,5-6,11H2;1H. The summed E-state index contributed by atoms with van der Waals surface area (Å²) in [6.07, 6.45) is 0.0919. The van der Waals surface area contributed by atoms with Gasteiger partial charge in [0.1, 0.15) is 5.75 Å². The van der Waals surface area contributed by atoms with E-state index < -0.39 is 6.10 Å². The lowest BCUT2D eigenvalue weighted by Gasteiger charge is -2.15. The topological polar surface area (TPSA) is 55.5 Å². The molecule has 1 aliphatic rings. The van der Waals surface area contributed by atoms with Gasteiger partial charge in [-0.05, 0) is 12.5 Å². The summed E-state index contributed by atoms with van der Waals surface area (Å²) in [5, 5.41) is 9.80. The monoisotopic (exact) mass is 215 g/mol. The van der Waals surface area contributed by atoms with Crippen molar-refractivity contribution in [1.29, 1.82) is 0 Å². The van der Waals surface area contributed by atoms with E-state index >= 15 is 0 Å². The van der Waals surface area contributed by atoms with Crippen molar-refractivity contribution in [1.82, 2.24) is 0 Å². The first-order chi connectivity index (χ1) is 6.29. The van der Waals surface area contributed by atoms with E-state index in [1.807, 2.05) is 24.3 Å². The van der Waals surface area contributed by atoms with Crippen molar-refractivity contribution in [3.63, 3.8) is 0 Å². The van der Waals surface area contributed by atoms with E-state index in [0.29, 0.717) is 13.0 Å². The molecule has 0 aliphatic carbocycles. The molecule has 0 spiro atoms. The Morgan fingerprint density at radius 2 is 2.07 bits per heavy atom. The molecule has 14 heavy (non-hydrogen) atoms. The lowest BCUT2D eigenvalue weighted by atomic mass is 10.0. The Hall–Kier alpha value is -0.770. The quantitative estimate of drug-likeness (QED) is 0.685. The van der Waals surface area contributed by atoms with Crippen molar-refractivity contribution in [3.05, 3.63) is 29.8 Å². The van der Waals surface area contributed by atoms with Crippen molar-refractivity contribution in [2.24, 2.45) is 5.73 Å². The highest BCUT2D eigenvalue weighted by atomic mass is 35.5. The molecule has 1 aromatic carbocycles. The molecule has 1 heterocycles. The summed E-state index contributed by atoms with van der Waals surface area (Å²) in [6.45, 7) is 0.579. The van der Waals surface area contributed by atoms with Crippen molar-refractivity contribution in [2.75, 3.05) is 6.61 Å². The molecule has 2 atom stereocenters. The molecule has 0 aromatic heterocycles. The molecule has 2 unspecified atom stereocenters. The minimum atomic E-state index is -0.598. The van der Waals surface area contributed by atoms with Gasteiger partial charge in [-0.3, -0.25) is 0 Å². The van der Waals surface area contributed by atoms with Crippen LogP contribution in [0.2, 0.25) is 0 Å². The maximum absolute atomic E-state index is 9.80. The number of fused-ring (bicyclic) bond motifs is 1. The average molecular weight is 216 g/mol. The minimum absolute atomic E-state index is 0. The van der Waals surface area contributed by atoms with Gasteiger partial charge in [0.15, 0.2) is 0 Å². The molecule has 1 aliphatic heterocycles. The number of benzene rings is 1. The van der Waals surface area contributed by atoms with E-state index in [9.17, 15) is 5.11 Å². The molecule has 0 saturated heterocycles. The van der Waals surface area contributed by atoms with Crippen LogP contribution in [0.1, 0.15) is 18.1 Å². The van der Waals surface area contributed by atoms with Gasteiger partial charge in [0.2, 0.25) is 0 Å². The number of rotatable bonds is 0. The van der Waals surface area contributed by atoms with Crippen LogP contribution in [0.4, 0.5) is 0 Å². The highest BCUT2D eigenvalue weighted by Gasteiger charge is 2.23. The molecule has 3 nitrogen and oxygen atoms in total. The average Bonchev–Trinajstić information content (AvgIpc) is 2.29. The van der Waals surface area contributed by atoms with Gasteiger partial charge in [0, 0.05) is 11.6 Å². The zero-order chi connectivity index (χ0) is 9.26. The Kier molecular flexibility index (Phi) is 3.75. The van der Waals surface area contributed by atoms with Gasteiger partial charge in [-0.2, -0.15) is 0 Å². The first-order valence-electron chi connectivity index (χ1n) is 4.44. The summed E-state index contributed by atoms with van der Waals surface area (Å²) in [5.74, 6) is 0.753. The molecule has 0 bridgehead atoms. The number of hydrogen-bond donors (Lipinski definition) is 2. The Morgan fingerprint density at radius 3 is 2.86 bits per heavy atom. The number of para-hydroxylation sites is 1. The Morgan fingerprint density at radius 1 is 1.36 bits per heavy atom. The Bertz CT molecular complexity index is 306. The van der Waals surface area contributed by atoms with Gasteiger partial charge in [0.25, 0.3) is 0 Å². The van der Waals surface area contributed by atoms with Gasteiger partial charge in [-0.15, -0.1) is 12.4 Å². The zero-order valence-electron chi connectivity index (χ0n) is 7.72. The summed E-state index contributed by atoms with van der Waals surface area (Å²) < 4.78 is 5.45. The number of nitrogens with two attached hydrogens (primary N) is 1. The van der Waals surface area contributed by atoms with Crippen molar-refractivity contribution < 1.29 is 9.84 Å². The van der Waals surface area contributed by atoms with E-state index in [0.717, 1.165) is 11.3 Å². The number of aliphatic hydroxyl groups is 1. The maximum Gasteiger partial charge on any atom is 0.125 e. The zero-order valence-corrected chi connectivity index (χ0v) is 8.54. The van der Waals surface area contributed by atoms with Crippen LogP contribution in [0.5, 0.6) is 5.75 Å². The second-order valence-corrected chi connectivity index (χ2v) is 3.28. The third kappa shape index (κ3) is 2.00. The van der Waals surface area contributed by atoms with Crippen LogP contribution in [0.25, 0.3) is 0 Å². The molecule has 0 radical (unpaired) electrons. The van der Waals surface area contributed by atoms with Crippen LogP contribution in [-0.2, 0) is 0 Å². The SMILES string of the molecule is Cl.NC1CCOc2ccccc2C1O. The molecule has 0 fully saturated rings. The van der Waals surface area contributed by atoms with E-state index in [1.165, 1.54) is 0 Å². The summed E-state index contributed by atoms with van der Waals surface area (Å²) in [7, 11) is 0. The lowest BCUT2D eigenvalue weighted by Crippen LogP contribution is -2.28. The lowest BCUT2D eigenvalue weighted by molar-refractivity contribution is 0.145. The smallest absolute Gasteiger partial charge is 0.125 e. The largest absolute Gasteiger partial charge is 0.493 e. The first kappa shape index (κ1) is 11.3. The maximum atomic E-state index is 9.80. The van der Waals surface area contributed by atoms with Gasteiger partial charge >= 0.3 is 0 Å². The number of aliphatic hydroxyl groups excluding tert-OH is 1. The van der Waals surface area contributed by atoms with E-state index in [-0.39, 0.29) is 18.4 Å². The highest BCUT2D eigenvalue weighted by Crippen LogP contribution is 2.30. The second kappa shape index (κ2) is 4.64. The fourth-order valence-corrected chi connectivity index (χ4v) is 1.55. The summed E-state index contributed by atoms with van der Waals surface area (Å²) >= 11 is 0. The van der Waals surface area contributed by atoms with Gasteiger partial charge in [-0.1, -0.05) is 18.2 Å². The molecule has 3 N–H and O–H groups in total. The Labute approximate surface area is 89.3 Å². The highest BCUT2D eigenvalue weighted by molar-refractivity contribution is 5.85. The number of ether oxygens (including phenoxy) is 1. The molecular formula is C10H14ClNO2. The van der Waals surface area contributed by atoms with Crippen LogP contribution < -0.4 is 10.5 Å². The van der Waals surface area contributed by atoms with Crippen LogP contribution in [0, 0.1) is 0 Å². The second-order valence-electron chi connectivity index (χ2n) is 3.28. The third-order valence-corrected chi connectivity index (χ3v) is 2.35. The Balaban J connectivity index is 0.000000980. The van der Waals surface area contributed by atoms with Crippen LogP contribution in [-0.4, -0.2) is 17.8 Å². The fraction of sp³-hybridized carbons (Fsp3) is 0.400. The first-order valence-corrected chi connectivity index (χ1v) is 4.44. The van der Waals surface area contributed by atoms with E-state index in [4.69, 9.17) is 10.5 Å². The predicted molar refractivity (Wildman–Crippen MR) is 56.7 cm³/mol. The molecule has 2 rings (SSSR count). The summed E-state index contributed by atoms with van der Waals surface area (Å²) in [6, 6.07) is 7.26. The van der Waals surface area contributed by atoms with Crippen LogP contribution in [0.15, 0.2) is 24.3 Å². The number of halogens is 1. The molecular weight excluding hydrogens is 202 g/mol. The summed E-state index contributed by atoms with van der Waals surface area (Å²) in [4.78, 5) is 0. The van der Waals surface area contributed by atoms with Crippen LogP contribution >= 0.6 is 12.4 Å². The normalized spacial score (nSPS) is 25.3. The fourth-order valence-electron chi connectivity index (χ4n) is 1.55. The van der Waals surface area contributed by atoms with Crippen molar-refractivity contribution in [2.45, 2.75) is 18.6 Å². The van der Waals surface area contributed by atoms with Gasteiger partial charge in [-0.25, -0.2) is 0 Å². The van der Waals surface area contributed by atoms with Crippen molar-refractivity contribution >= 4 is 12.4 Å². The van der Waals surface area contributed by atoms with Gasteiger partial charge < -0.3 is 15.6 Å². The third-order valence-electron chi connectivity index (χ3n) is 2.35. The molecule has 0 amide bonds. The minimum Gasteiger partial charge on any atom is -0.493 e. The molecule has 78 valence electrons. The molecule has 4 heteroatoms. The van der Waals surface area contributed by atoms with E-state index in [1.54, 1.807) is 0 Å². The van der Waals surface area contributed by atoms with Gasteiger partial charge in [0.05, 0.1) is 12.7 Å². The molecule has 0 saturated carbocycles. The van der Waals surface area contributed by atoms with Crippen LogP contribution in [0.3, 0.4) is 0 Å². The van der Waals surface area contributed by atoms with E-state index in [2.05, 4.69) is 0 Å². The van der Waals surface area contributed by atoms with Crippen molar-refractivity contribution in [3.8, 4) is 5.75 Å². The predicted octanol–water partition coefficient (Wildman–Crippen LogP) is 1.25. The molecule has 1 aromatic rings. The summed E-state index contributed by atoms with van der Waals surface area (Å²) in [5.41, 5.74) is 6.56. The number of hydrogen-bond acceptors (Lipinski definition) is 3.